The zero-order valence-electron chi connectivity index (χ0n) is 23.4. The summed E-state index contributed by atoms with van der Waals surface area (Å²) in [6.07, 6.45) is -5.36. The molecule has 0 aliphatic carbocycles. The van der Waals surface area contributed by atoms with Crippen molar-refractivity contribution >= 4 is 49.6 Å². The predicted octanol–water partition coefficient (Wildman–Crippen LogP) is -3.73. The van der Waals surface area contributed by atoms with E-state index in [2.05, 4.69) is 39.0 Å². The number of imidazole rings is 2. The maximum absolute atomic E-state index is 11.0. The van der Waals surface area contributed by atoms with Gasteiger partial charge in [0.15, 0.2) is 35.4 Å². The third kappa shape index (κ3) is 7.76. The first-order valence-corrected chi connectivity index (χ1v) is 15.9. The van der Waals surface area contributed by atoms with Crippen LogP contribution in [0.25, 0.3) is 22.3 Å². The molecule has 6 heterocycles. The van der Waals surface area contributed by atoms with Crippen molar-refractivity contribution in [2.45, 2.75) is 49.1 Å². The van der Waals surface area contributed by atoms with Gasteiger partial charge >= 0.3 is 15.6 Å². The van der Waals surface area contributed by atoms with E-state index in [9.17, 15) is 29.6 Å². The molecule has 24 nitrogen and oxygen atoms in total. The van der Waals surface area contributed by atoms with Gasteiger partial charge in [-0.25, -0.2) is 39.0 Å². The van der Waals surface area contributed by atoms with Crippen LogP contribution in [-0.2, 0) is 44.7 Å². The molecule has 2 fully saturated rings. The fraction of sp³-hybridized carbons (Fsp3) is 0.500. The molecular weight excluding hydrogens is 721 g/mol. The van der Waals surface area contributed by atoms with Gasteiger partial charge in [-0.05, 0) is 0 Å². The SMILES string of the molecule is Nc1ncnc2c1ncn2[C@@H]1O[C@H](CO)C(OP(=O)(O)O)[C@@H]1O.Nc1ncnc2c1ncn2[C@@H]1O[C@H](CO)C(OP(=O)(O)O)[C@@H]1O.[Mn]. The summed E-state index contributed by atoms with van der Waals surface area (Å²) in [5.74, 6) is 0.255. The maximum atomic E-state index is 11.0. The molecular formula is C20H28MnN10O14P2. The largest absolute Gasteiger partial charge is 0.470 e. The second-order valence-corrected chi connectivity index (χ2v) is 12.1. The molecule has 0 bridgehead atoms. The number of nitrogen functional groups attached to an aromatic ring is 2. The third-order valence-corrected chi connectivity index (χ3v) is 7.86. The van der Waals surface area contributed by atoms with E-state index in [1.54, 1.807) is 0 Å². The van der Waals surface area contributed by atoms with Crippen LogP contribution in [0.15, 0.2) is 25.3 Å². The van der Waals surface area contributed by atoms with Crippen LogP contribution in [0.2, 0.25) is 0 Å². The van der Waals surface area contributed by atoms with E-state index < -0.39 is 77.9 Å². The van der Waals surface area contributed by atoms with E-state index >= 15 is 0 Å². The van der Waals surface area contributed by atoms with E-state index in [-0.39, 0.29) is 51.0 Å². The Morgan fingerprint density at radius 1 is 0.702 bits per heavy atom. The monoisotopic (exact) mass is 749 g/mol. The number of aliphatic hydroxyl groups is 4. The van der Waals surface area contributed by atoms with Crippen molar-refractivity contribution < 1.29 is 84.7 Å². The van der Waals surface area contributed by atoms with Crippen LogP contribution in [0.4, 0.5) is 11.6 Å². The number of rotatable bonds is 8. The summed E-state index contributed by atoms with van der Waals surface area (Å²) in [4.78, 5) is 59.2. The number of phosphoric acid groups is 2. The van der Waals surface area contributed by atoms with Crippen molar-refractivity contribution in [3.63, 3.8) is 0 Å². The minimum absolute atomic E-state index is 0. The van der Waals surface area contributed by atoms with Gasteiger partial charge in [0, 0.05) is 17.1 Å². The number of ether oxygens (including phenoxy) is 2. The Morgan fingerprint density at radius 2 is 1.06 bits per heavy atom. The third-order valence-electron chi connectivity index (χ3n) is 6.82. The zero-order valence-corrected chi connectivity index (χ0v) is 26.3. The summed E-state index contributed by atoms with van der Waals surface area (Å²) in [5, 5.41) is 39.1. The van der Waals surface area contributed by atoms with E-state index in [0.717, 1.165) is 0 Å². The van der Waals surface area contributed by atoms with Crippen LogP contribution in [0.1, 0.15) is 12.5 Å². The molecule has 2 unspecified atom stereocenters. The van der Waals surface area contributed by atoms with Gasteiger partial charge in [-0.1, -0.05) is 0 Å². The molecule has 0 saturated carbocycles. The normalized spacial score (nSPS) is 27.9. The summed E-state index contributed by atoms with van der Waals surface area (Å²) in [6.45, 7) is -1.22. The van der Waals surface area contributed by atoms with Gasteiger partial charge in [-0.15, -0.1) is 0 Å². The van der Waals surface area contributed by atoms with Crippen LogP contribution >= 0.6 is 15.6 Å². The molecule has 2 saturated heterocycles. The average molecular weight is 749 g/mol. The Kier molecular flexibility index (Phi) is 11.3. The molecule has 27 heteroatoms. The van der Waals surface area contributed by atoms with Gasteiger partial charge in [-0.2, -0.15) is 0 Å². The smallest absolute Gasteiger partial charge is 0.394 e. The number of nitrogens with zero attached hydrogens (tertiary/aromatic N) is 8. The number of anilines is 2. The van der Waals surface area contributed by atoms with Crippen molar-refractivity contribution in [2.24, 2.45) is 0 Å². The predicted molar refractivity (Wildman–Crippen MR) is 147 cm³/mol. The first-order valence-electron chi connectivity index (χ1n) is 12.9. The fourth-order valence-corrected chi connectivity index (χ4v) is 6.04. The van der Waals surface area contributed by atoms with Gasteiger partial charge < -0.3 is 60.9 Å². The molecule has 4 aromatic heterocycles. The number of hydrogen-bond acceptors (Lipinski definition) is 18. The van der Waals surface area contributed by atoms with E-state index in [1.165, 1.54) is 34.4 Å². The number of fused-ring (bicyclic) bond motifs is 2. The van der Waals surface area contributed by atoms with Crippen molar-refractivity contribution in [1.82, 2.24) is 39.0 Å². The molecule has 2 aliphatic rings. The Bertz CT molecular complexity index is 1660. The second-order valence-electron chi connectivity index (χ2n) is 9.76. The first-order chi connectivity index (χ1) is 21.6. The van der Waals surface area contributed by atoms with E-state index in [0.29, 0.717) is 0 Å². The summed E-state index contributed by atoms with van der Waals surface area (Å²) >= 11 is 0. The summed E-state index contributed by atoms with van der Waals surface area (Å²) in [7, 11) is -9.77. The minimum atomic E-state index is -4.88. The van der Waals surface area contributed by atoms with Gasteiger partial charge in [0.05, 0.1) is 25.9 Å². The molecule has 4 aromatic rings. The molecule has 0 spiro atoms. The number of phosphoric ester groups is 2. The van der Waals surface area contributed by atoms with Crippen LogP contribution in [0, 0.1) is 0 Å². The molecule has 6 rings (SSSR count). The summed E-state index contributed by atoms with van der Waals surface area (Å²) in [5.41, 5.74) is 12.4. The molecule has 1 radical (unpaired) electrons. The standard InChI is InChI=1S/2C10H14N5O7P.Mn/c2*11-8-5-9(13-2-12-8)15(3-14-5)10-6(17)7(4(1-16)21-10)22-23(18,19)20;/h2*2-4,6-7,10,16-17H,1H2,(H2,11,12,13)(H2,18,19,20);/t2*4-,6+,7?,10-;/m11./s1. The van der Waals surface area contributed by atoms with E-state index in [4.69, 9.17) is 40.5 Å². The minimum Gasteiger partial charge on any atom is -0.394 e. The van der Waals surface area contributed by atoms with Gasteiger partial charge in [0.25, 0.3) is 0 Å². The maximum Gasteiger partial charge on any atom is 0.470 e. The number of aliphatic hydroxyl groups excluding tert-OH is 4. The molecule has 12 N–H and O–H groups in total. The number of nitrogens with two attached hydrogens (primary N) is 2. The van der Waals surface area contributed by atoms with Gasteiger partial charge in [0.1, 0.15) is 60.3 Å². The molecule has 47 heavy (non-hydrogen) atoms. The second kappa shape index (κ2) is 14.4. The summed E-state index contributed by atoms with van der Waals surface area (Å²) in [6, 6.07) is 0. The van der Waals surface area contributed by atoms with Gasteiger partial charge in [0.2, 0.25) is 0 Å². The fourth-order valence-electron chi connectivity index (χ4n) is 4.88. The topological polar surface area (TPSA) is 372 Å². The van der Waals surface area contributed by atoms with Crippen LogP contribution in [-0.4, -0.2) is 129 Å². The quantitative estimate of drug-likeness (QED) is 0.0611. The first kappa shape index (κ1) is 37.0. The van der Waals surface area contributed by atoms with E-state index in [1.807, 2.05) is 0 Å². The van der Waals surface area contributed by atoms with Gasteiger partial charge in [-0.3, -0.25) is 18.2 Å². The number of hydrogen-bond donors (Lipinski definition) is 10. The van der Waals surface area contributed by atoms with Crippen LogP contribution in [0.3, 0.4) is 0 Å². The molecule has 8 atom stereocenters. The van der Waals surface area contributed by atoms with Crippen LogP contribution in [0.5, 0.6) is 0 Å². The average Bonchev–Trinajstić information content (AvgIpc) is 3.74. The summed E-state index contributed by atoms with van der Waals surface area (Å²) < 4.78 is 44.6. The Morgan fingerprint density at radius 3 is 1.38 bits per heavy atom. The van der Waals surface area contributed by atoms with Crippen molar-refractivity contribution in [3.8, 4) is 0 Å². The molecule has 259 valence electrons. The Labute approximate surface area is 272 Å². The number of aromatic nitrogens is 8. The van der Waals surface area contributed by atoms with Crippen molar-refractivity contribution in [3.05, 3.63) is 25.3 Å². The molecule has 2 aliphatic heterocycles. The molecule has 0 aromatic carbocycles. The van der Waals surface area contributed by atoms with Crippen molar-refractivity contribution in [1.29, 1.82) is 0 Å². The Hall–Kier alpha value is -2.80. The van der Waals surface area contributed by atoms with Crippen molar-refractivity contribution in [2.75, 3.05) is 24.7 Å². The Balaban J connectivity index is 0.000000208. The van der Waals surface area contributed by atoms with Crippen LogP contribution < -0.4 is 11.5 Å². The molecule has 0 amide bonds. The zero-order chi connectivity index (χ0) is 33.6.